The van der Waals surface area contributed by atoms with Gasteiger partial charge in [-0.1, -0.05) is 84.9 Å². The van der Waals surface area contributed by atoms with Gasteiger partial charge in [0.25, 0.3) is 0 Å². The van der Waals surface area contributed by atoms with E-state index in [-0.39, 0.29) is 5.91 Å². The molecule has 0 N–H and O–H groups in total. The molecule has 186 valence electrons. The minimum Gasteiger partial charge on any atom is -0.495 e. The Morgan fingerprint density at radius 2 is 1.47 bits per heavy atom. The molecular weight excluding hydrogens is 478 g/mol. The van der Waals surface area contributed by atoms with Crippen LogP contribution in [0.2, 0.25) is 0 Å². The SMILES string of the molecule is COc1ccccc1N1C(=O)[C@@H]2[C@@H]3C(=O)Oc4c(ccc5ccccc45)C3=C[C@@H](c3ccccc3)[C@H]2C1=O. The van der Waals surface area contributed by atoms with Crippen LogP contribution in [0.3, 0.4) is 0 Å². The molecule has 3 aliphatic rings. The third-order valence-electron chi connectivity index (χ3n) is 8.00. The molecule has 6 heteroatoms. The lowest BCUT2D eigenvalue weighted by atomic mass is 9.64. The summed E-state index contributed by atoms with van der Waals surface area (Å²) < 4.78 is 11.4. The number of carbonyl (C=O) groups is 3. The number of anilines is 1. The Hall–Kier alpha value is -4.71. The van der Waals surface area contributed by atoms with Crippen LogP contribution in [0.25, 0.3) is 16.3 Å². The summed E-state index contributed by atoms with van der Waals surface area (Å²) in [7, 11) is 1.50. The van der Waals surface area contributed by atoms with Gasteiger partial charge in [-0.05, 0) is 28.7 Å². The minimum atomic E-state index is -0.898. The molecule has 0 radical (unpaired) electrons. The molecule has 2 heterocycles. The molecule has 1 saturated heterocycles. The number of para-hydroxylation sites is 2. The number of imide groups is 1. The predicted molar refractivity (Wildman–Crippen MR) is 143 cm³/mol. The maximum atomic E-state index is 14.1. The highest BCUT2D eigenvalue weighted by atomic mass is 16.5. The number of hydrogen-bond acceptors (Lipinski definition) is 5. The van der Waals surface area contributed by atoms with Crippen molar-refractivity contribution >= 4 is 39.8 Å². The molecule has 4 aromatic rings. The van der Waals surface area contributed by atoms with Crippen molar-refractivity contribution in [2.24, 2.45) is 17.8 Å². The zero-order valence-electron chi connectivity index (χ0n) is 20.5. The van der Waals surface area contributed by atoms with Gasteiger partial charge < -0.3 is 9.47 Å². The van der Waals surface area contributed by atoms with Gasteiger partial charge in [0, 0.05) is 16.9 Å². The zero-order valence-corrected chi connectivity index (χ0v) is 20.5. The number of fused-ring (bicyclic) bond motifs is 7. The average molecular weight is 502 g/mol. The third-order valence-corrected chi connectivity index (χ3v) is 8.00. The highest BCUT2D eigenvalue weighted by Crippen LogP contribution is 2.56. The smallest absolute Gasteiger partial charge is 0.319 e. The first-order valence-electron chi connectivity index (χ1n) is 12.6. The summed E-state index contributed by atoms with van der Waals surface area (Å²) in [6.07, 6.45) is 2.01. The summed E-state index contributed by atoms with van der Waals surface area (Å²) in [5.74, 6) is -3.28. The van der Waals surface area contributed by atoms with E-state index in [1.165, 1.54) is 12.0 Å². The van der Waals surface area contributed by atoms with Gasteiger partial charge in [-0.25, -0.2) is 4.90 Å². The number of allylic oxidation sites excluding steroid dienone is 1. The molecule has 38 heavy (non-hydrogen) atoms. The largest absolute Gasteiger partial charge is 0.495 e. The molecular formula is C32H23NO5. The van der Waals surface area contributed by atoms with Crippen molar-refractivity contribution in [1.29, 1.82) is 0 Å². The topological polar surface area (TPSA) is 72.9 Å². The number of benzene rings is 4. The quantitative estimate of drug-likeness (QED) is 0.214. The van der Waals surface area contributed by atoms with E-state index in [9.17, 15) is 14.4 Å². The van der Waals surface area contributed by atoms with Gasteiger partial charge >= 0.3 is 5.97 Å². The van der Waals surface area contributed by atoms with Crippen LogP contribution in [0.1, 0.15) is 17.0 Å². The van der Waals surface area contributed by atoms with Crippen molar-refractivity contribution in [3.63, 3.8) is 0 Å². The molecule has 2 amide bonds. The zero-order chi connectivity index (χ0) is 26.0. The van der Waals surface area contributed by atoms with Crippen LogP contribution in [0.15, 0.2) is 97.1 Å². The fourth-order valence-corrected chi connectivity index (χ4v) is 6.34. The van der Waals surface area contributed by atoms with Gasteiger partial charge in [0.1, 0.15) is 11.5 Å². The minimum absolute atomic E-state index is 0.342. The summed E-state index contributed by atoms with van der Waals surface area (Å²) in [5, 5.41) is 1.79. The van der Waals surface area contributed by atoms with E-state index in [0.717, 1.165) is 27.5 Å². The van der Waals surface area contributed by atoms with Crippen LogP contribution in [0.4, 0.5) is 5.69 Å². The van der Waals surface area contributed by atoms with Crippen LogP contribution < -0.4 is 14.4 Å². The molecule has 0 unspecified atom stereocenters. The van der Waals surface area contributed by atoms with E-state index in [2.05, 4.69) is 0 Å². The van der Waals surface area contributed by atoms with E-state index >= 15 is 0 Å². The molecule has 1 fully saturated rings. The number of esters is 1. The van der Waals surface area contributed by atoms with E-state index in [0.29, 0.717) is 17.2 Å². The molecule has 1 aliphatic carbocycles. The first-order chi connectivity index (χ1) is 18.6. The van der Waals surface area contributed by atoms with E-state index in [4.69, 9.17) is 9.47 Å². The van der Waals surface area contributed by atoms with Gasteiger partial charge in [-0.2, -0.15) is 0 Å². The summed E-state index contributed by atoms with van der Waals surface area (Å²) in [6, 6.07) is 28.3. The average Bonchev–Trinajstić information content (AvgIpc) is 3.22. The van der Waals surface area contributed by atoms with Crippen LogP contribution in [0, 0.1) is 17.8 Å². The fraction of sp³-hybridized carbons (Fsp3) is 0.156. The summed E-state index contributed by atoms with van der Waals surface area (Å²) >= 11 is 0. The number of methoxy groups -OCH3 is 1. The van der Waals surface area contributed by atoms with Gasteiger partial charge in [-0.15, -0.1) is 0 Å². The van der Waals surface area contributed by atoms with E-state index in [1.54, 1.807) is 24.3 Å². The lowest BCUT2D eigenvalue weighted by Gasteiger charge is -2.38. The number of amides is 2. The highest BCUT2D eigenvalue weighted by molar-refractivity contribution is 6.25. The van der Waals surface area contributed by atoms with Crippen LogP contribution in [-0.4, -0.2) is 24.9 Å². The third kappa shape index (κ3) is 3.10. The predicted octanol–water partition coefficient (Wildman–Crippen LogP) is 5.37. The van der Waals surface area contributed by atoms with Crippen LogP contribution in [0.5, 0.6) is 11.5 Å². The van der Waals surface area contributed by atoms with Crippen molar-refractivity contribution in [1.82, 2.24) is 0 Å². The Labute approximate surface area is 219 Å². The Kier molecular flexibility index (Phi) is 4.98. The molecule has 0 saturated carbocycles. The maximum absolute atomic E-state index is 14.1. The second kappa shape index (κ2) is 8.42. The lowest BCUT2D eigenvalue weighted by molar-refractivity contribution is -0.142. The van der Waals surface area contributed by atoms with Gasteiger partial charge in [0.2, 0.25) is 11.8 Å². The first-order valence-corrected chi connectivity index (χ1v) is 12.6. The first kappa shape index (κ1) is 22.5. The second-order valence-corrected chi connectivity index (χ2v) is 9.86. The number of ether oxygens (including phenoxy) is 2. The summed E-state index contributed by atoms with van der Waals surface area (Å²) in [6.45, 7) is 0. The van der Waals surface area contributed by atoms with Crippen molar-refractivity contribution in [3.8, 4) is 11.5 Å². The maximum Gasteiger partial charge on any atom is 0.319 e. The number of rotatable bonds is 3. The standard InChI is InChI=1S/C32H23NO5/c1-37-25-14-8-7-13-24(25)33-30(34)26-22(18-9-3-2-4-10-18)17-23-21-16-15-19-11-5-6-12-20(19)29(21)38-32(36)27(23)28(26)31(33)35/h2-17,22,26-28H,1H3/t22-,26+,27+,28-/m0/s1. The van der Waals surface area contributed by atoms with Crippen molar-refractivity contribution in [3.05, 3.63) is 108 Å². The Balaban J connectivity index is 1.45. The number of carbonyl (C=O) groups excluding carboxylic acids is 3. The molecule has 2 aliphatic heterocycles. The molecule has 6 nitrogen and oxygen atoms in total. The Morgan fingerprint density at radius 1 is 0.763 bits per heavy atom. The molecule has 4 atom stereocenters. The number of hydrogen-bond donors (Lipinski definition) is 0. The summed E-state index contributed by atoms with van der Waals surface area (Å²) in [4.78, 5) is 43.1. The molecule has 0 aromatic heterocycles. The van der Waals surface area contributed by atoms with Gasteiger partial charge in [-0.3, -0.25) is 14.4 Å². The monoisotopic (exact) mass is 501 g/mol. The highest BCUT2D eigenvalue weighted by Gasteiger charge is 2.60. The fourth-order valence-electron chi connectivity index (χ4n) is 6.34. The normalized spacial score (nSPS) is 23.9. The summed E-state index contributed by atoms with van der Waals surface area (Å²) in [5.41, 5.74) is 2.81. The molecule has 7 rings (SSSR count). The van der Waals surface area contributed by atoms with Crippen LogP contribution in [-0.2, 0) is 14.4 Å². The molecule has 0 spiro atoms. The van der Waals surface area contributed by atoms with Gasteiger partial charge in [0.15, 0.2) is 0 Å². The molecule has 0 bridgehead atoms. The van der Waals surface area contributed by atoms with Crippen molar-refractivity contribution < 1.29 is 23.9 Å². The Bertz CT molecular complexity index is 1670. The Morgan fingerprint density at radius 3 is 2.29 bits per heavy atom. The van der Waals surface area contributed by atoms with E-state index in [1.807, 2.05) is 72.8 Å². The van der Waals surface area contributed by atoms with Crippen molar-refractivity contribution in [2.45, 2.75) is 5.92 Å². The second-order valence-electron chi connectivity index (χ2n) is 9.86. The van der Waals surface area contributed by atoms with E-state index < -0.39 is 35.5 Å². The van der Waals surface area contributed by atoms with Gasteiger partial charge in [0.05, 0.1) is 30.6 Å². The van der Waals surface area contributed by atoms with Crippen LogP contribution >= 0.6 is 0 Å². The lowest BCUT2D eigenvalue weighted by Crippen LogP contribution is -2.42. The van der Waals surface area contributed by atoms with Crippen molar-refractivity contribution in [2.75, 3.05) is 12.0 Å². The number of nitrogens with zero attached hydrogens (tertiary/aromatic N) is 1. The molecule has 4 aromatic carbocycles.